The molecule has 0 saturated heterocycles. The van der Waals surface area contributed by atoms with Crippen LogP contribution in [-0.2, 0) is 11.3 Å². The third-order valence-electron chi connectivity index (χ3n) is 3.82. The lowest BCUT2D eigenvalue weighted by Gasteiger charge is -2.26. The second kappa shape index (κ2) is 6.64. The molecule has 1 aromatic carbocycles. The van der Waals surface area contributed by atoms with Crippen LogP contribution in [0.2, 0.25) is 0 Å². The van der Waals surface area contributed by atoms with Crippen molar-refractivity contribution in [3.63, 3.8) is 0 Å². The second-order valence-corrected chi connectivity index (χ2v) is 5.66. The lowest BCUT2D eigenvalue weighted by Crippen LogP contribution is -2.27. The summed E-state index contributed by atoms with van der Waals surface area (Å²) in [5.74, 6) is -0.0175. The van der Waals surface area contributed by atoms with E-state index in [1.165, 1.54) is 5.56 Å². The van der Waals surface area contributed by atoms with E-state index in [1.54, 1.807) is 0 Å². The molecule has 0 aliphatic carbocycles. The van der Waals surface area contributed by atoms with Gasteiger partial charge in [0.25, 0.3) is 0 Å². The van der Waals surface area contributed by atoms with Gasteiger partial charge >= 0.3 is 5.97 Å². The number of hydrogen-bond donors (Lipinski definition) is 1. The highest BCUT2D eigenvalue weighted by Gasteiger charge is 2.17. The van der Waals surface area contributed by atoms with E-state index in [4.69, 9.17) is 9.63 Å². The summed E-state index contributed by atoms with van der Waals surface area (Å²) in [5, 5.41) is 13.0. The molecule has 0 aliphatic heterocycles. The number of hydrogen-bond acceptors (Lipinski definition) is 4. The molecule has 5 heteroatoms. The zero-order valence-corrected chi connectivity index (χ0v) is 13.5. The standard InChI is InChI=1S/C17H22N2O3/c1-11-5-6-16(12(2)9-11)19(8-7-17(20)21)10-15-13(3)18-22-14(15)4/h5-6,9H,7-8,10H2,1-4H3,(H,20,21). The molecule has 0 radical (unpaired) electrons. The maximum atomic E-state index is 11.0. The Hall–Kier alpha value is -2.30. The van der Waals surface area contributed by atoms with E-state index in [0.717, 1.165) is 28.3 Å². The third-order valence-corrected chi connectivity index (χ3v) is 3.82. The first-order chi connectivity index (χ1) is 10.4. The zero-order valence-electron chi connectivity index (χ0n) is 13.5. The Morgan fingerprint density at radius 1 is 1.27 bits per heavy atom. The Morgan fingerprint density at radius 3 is 2.55 bits per heavy atom. The molecule has 0 amide bonds. The minimum Gasteiger partial charge on any atom is -0.481 e. The molecule has 0 aliphatic rings. The van der Waals surface area contributed by atoms with Crippen molar-refractivity contribution in [2.45, 2.75) is 40.7 Å². The van der Waals surface area contributed by atoms with Crippen molar-refractivity contribution in [2.24, 2.45) is 0 Å². The number of nitrogens with zero attached hydrogens (tertiary/aromatic N) is 2. The van der Waals surface area contributed by atoms with Gasteiger partial charge in [0, 0.05) is 24.3 Å². The molecule has 118 valence electrons. The molecule has 0 atom stereocenters. The van der Waals surface area contributed by atoms with E-state index < -0.39 is 5.97 Å². The summed E-state index contributed by atoms with van der Waals surface area (Å²) < 4.78 is 5.21. The fraction of sp³-hybridized carbons (Fsp3) is 0.412. The van der Waals surface area contributed by atoms with Crippen molar-refractivity contribution in [1.29, 1.82) is 0 Å². The van der Waals surface area contributed by atoms with Gasteiger partial charge < -0.3 is 14.5 Å². The van der Waals surface area contributed by atoms with Gasteiger partial charge in [-0.3, -0.25) is 4.79 Å². The number of benzene rings is 1. The van der Waals surface area contributed by atoms with Crippen LogP contribution >= 0.6 is 0 Å². The number of aliphatic carboxylic acids is 1. The molecule has 22 heavy (non-hydrogen) atoms. The van der Waals surface area contributed by atoms with Gasteiger partial charge in [0.2, 0.25) is 0 Å². The van der Waals surface area contributed by atoms with Crippen LogP contribution < -0.4 is 4.90 Å². The van der Waals surface area contributed by atoms with Crippen LogP contribution in [0.15, 0.2) is 22.7 Å². The van der Waals surface area contributed by atoms with Crippen molar-refractivity contribution in [3.05, 3.63) is 46.3 Å². The first-order valence-corrected chi connectivity index (χ1v) is 7.34. The van der Waals surface area contributed by atoms with Gasteiger partial charge in [-0.25, -0.2) is 0 Å². The molecule has 1 heterocycles. The Balaban J connectivity index is 2.31. The molecular weight excluding hydrogens is 280 g/mol. The van der Waals surface area contributed by atoms with Crippen LogP contribution in [0, 0.1) is 27.7 Å². The summed E-state index contributed by atoms with van der Waals surface area (Å²) in [7, 11) is 0. The molecule has 1 N–H and O–H groups in total. The van der Waals surface area contributed by atoms with E-state index >= 15 is 0 Å². The van der Waals surface area contributed by atoms with Gasteiger partial charge in [0.1, 0.15) is 5.76 Å². The summed E-state index contributed by atoms with van der Waals surface area (Å²) >= 11 is 0. The SMILES string of the molecule is Cc1ccc(N(CCC(=O)O)Cc2c(C)noc2C)c(C)c1. The Kier molecular flexibility index (Phi) is 4.85. The van der Waals surface area contributed by atoms with E-state index in [1.807, 2.05) is 39.8 Å². The lowest BCUT2D eigenvalue weighted by atomic mass is 10.1. The van der Waals surface area contributed by atoms with Gasteiger partial charge in [-0.1, -0.05) is 22.9 Å². The minimum atomic E-state index is -0.798. The Morgan fingerprint density at radius 2 is 2.00 bits per heavy atom. The number of anilines is 1. The number of rotatable bonds is 6. The Labute approximate surface area is 130 Å². The van der Waals surface area contributed by atoms with Crippen molar-refractivity contribution >= 4 is 11.7 Å². The number of aryl methyl sites for hydroxylation is 4. The second-order valence-electron chi connectivity index (χ2n) is 5.66. The first-order valence-electron chi connectivity index (χ1n) is 7.34. The normalized spacial score (nSPS) is 10.7. The summed E-state index contributed by atoms with van der Waals surface area (Å²) in [6.07, 6.45) is 0.0939. The van der Waals surface area contributed by atoms with Crippen LogP contribution in [0.25, 0.3) is 0 Å². The fourth-order valence-electron chi connectivity index (χ4n) is 2.59. The van der Waals surface area contributed by atoms with Gasteiger partial charge in [0.05, 0.1) is 12.1 Å². The highest BCUT2D eigenvalue weighted by atomic mass is 16.5. The van der Waals surface area contributed by atoms with Gasteiger partial charge in [-0.15, -0.1) is 0 Å². The average molecular weight is 302 g/mol. The minimum absolute atomic E-state index is 0.0939. The van der Waals surface area contributed by atoms with Crippen LogP contribution in [-0.4, -0.2) is 22.8 Å². The predicted molar refractivity (Wildman–Crippen MR) is 85.2 cm³/mol. The molecule has 2 aromatic rings. The van der Waals surface area contributed by atoms with E-state index in [0.29, 0.717) is 13.1 Å². The molecule has 1 aromatic heterocycles. The maximum Gasteiger partial charge on any atom is 0.305 e. The first kappa shape index (κ1) is 16.1. The average Bonchev–Trinajstić information content (AvgIpc) is 2.75. The zero-order chi connectivity index (χ0) is 16.3. The maximum absolute atomic E-state index is 11.0. The van der Waals surface area contributed by atoms with Crippen LogP contribution in [0.1, 0.15) is 34.6 Å². The number of carbonyl (C=O) groups is 1. The van der Waals surface area contributed by atoms with Crippen LogP contribution in [0.4, 0.5) is 5.69 Å². The number of aromatic nitrogens is 1. The lowest BCUT2D eigenvalue weighted by molar-refractivity contribution is -0.136. The third kappa shape index (κ3) is 3.67. The molecular formula is C17H22N2O3. The largest absolute Gasteiger partial charge is 0.481 e. The van der Waals surface area contributed by atoms with Gasteiger partial charge in [-0.05, 0) is 39.3 Å². The summed E-state index contributed by atoms with van der Waals surface area (Å²) in [6.45, 7) is 8.92. The summed E-state index contributed by atoms with van der Waals surface area (Å²) in [4.78, 5) is 13.0. The van der Waals surface area contributed by atoms with Crippen molar-refractivity contribution < 1.29 is 14.4 Å². The highest BCUT2D eigenvalue weighted by Crippen LogP contribution is 2.25. The summed E-state index contributed by atoms with van der Waals surface area (Å²) in [5.41, 5.74) is 5.24. The van der Waals surface area contributed by atoms with Crippen LogP contribution in [0.5, 0.6) is 0 Å². The van der Waals surface area contributed by atoms with Gasteiger partial charge in [-0.2, -0.15) is 0 Å². The van der Waals surface area contributed by atoms with E-state index in [2.05, 4.69) is 16.1 Å². The molecule has 0 saturated carbocycles. The van der Waals surface area contributed by atoms with E-state index in [9.17, 15) is 4.79 Å². The van der Waals surface area contributed by atoms with Crippen molar-refractivity contribution in [3.8, 4) is 0 Å². The fourth-order valence-corrected chi connectivity index (χ4v) is 2.59. The van der Waals surface area contributed by atoms with Crippen molar-refractivity contribution in [2.75, 3.05) is 11.4 Å². The predicted octanol–water partition coefficient (Wildman–Crippen LogP) is 3.39. The summed E-state index contributed by atoms with van der Waals surface area (Å²) in [6, 6.07) is 6.20. The topological polar surface area (TPSA) is 66.6 Å². The van der Waals surface area contributed by atoms with E-state index in [-0.39, 0.29) is 6.42 Å². The molecule has 0 bridgehead atoms. The quantitative estimate of drug-likeness (QED) is 0.886. The molecule has 0 fully saturated rings. The van der Waals surface area contributed by atoms with Crippen molar-refractivity contribution in [1.82, 2.24) is 5.16 Å². The number of carboxylic acids is 1. The van der Waals surface area contributed by atoms with Crippen LogP contribution in [0.3, 0.4) is 0 Å². The van der Waals surface area contributed by atoms with Gasteiger partial charge in [0.15, 0.2) is 0 Å². The monoisotopic (exact) mass is 302 g/mol. The highest BCUT2D eigenvalue weighted by molar-refractivity contribution is 5.68. The molecule has 2 rings (SSSR count). The molecule has 5 nitrogen and oxygen atoms in total. The molecule has 0 spiro atoms. The number of carboxylic acid groups (broad SMARTS) is 1. The smallest absolute Gasteiger partial charge is 0.305 e. The Bertz CT molecular complexity index is 657. The molecule has 0 unspecified atom stereocenters.